The molecular weight excluding hydrogens is 268 g/mol. The quantitative estimate of drug-likeness (QED) is 0.897. The molecule has 0 amide bonds. The van der Waals surface area contributed by atoms with Crippen molar-refractivity contribution in [2.24, 2.45) is 0 Å². The zero-order valence-electron chi connectivity index (χ0n) is 9.89. The van der Waals surface area contributed by atoms with Gasteiger partial charge in [-0.3, -0.25) is 14.3 Å². The first-order valence-corrected chi connectivity index (χ1v) is 5.83. The number of nitrogens with zero attached hydrogens (tertiary/aromatic N) is 1. The van der Waals surface area contributed by atoms with Gasteiger partial charge in [0, 0.05) is 5.03 Å². The number of rotatable bonds is 3. The maximum atomic E-state index is 11.8. The van der Waals surface area contributed by atoms with Gasteiger partial charge in [-0.05, 0) is 5.56 Å². The summed E-state index contributed by atoms with van der Waals surface area (Å²) >= 11 is 5.64. The summed E-state index contributed by atoms with van der Waals surface area (Å²) in [4.78, 5) is 25.6. The van der Waals surface area contributed by atoms with Gasteiger partial charge in [-0.1, -0.05) is 48.5 Å². The first-order chi connectivity index (χ1) is 9.00. The third-order valence-corrected chi connectivity index (χ3v) is 2.68. The fourth-order valence-electron chi connectivity index (χ4n) is 1.74. The van der Waals surface area contributed by atoms with Crippen molar-refractivity contribution in [2.45, 2.75) is 6.54 Å². The third-order valence-electron chi connectivity index (χ3n) is 2.56. The van der Waals surface area contributed by atoms with Crippen LogP contribution in [0.4, 0.5) is 0 Å². The number of benzene rings is 1. The summed E-state index contributed by atoms with van der Waals surface area (Å²) in [6, 6.07) is 8.56. The monoisotopic (exact) mass is 278 g/mol. The number of nitrogens with one attached hydrogen (secondary N) is 1. The van der Waals surface area contributed by atoms with E-state index < -0.39 is 17.1 Å². The Morgan fingerprint density at radius 3 is 2.53 bits per heavy atom. The highest BCUT2D eigenvalue weighted by Crippen LogP contribution is 2.24. The summed E-state index contributed by atoms with van der Waals surface area (Å²) in [5.41, 5.74) is -0.845. The number of hydrogen-bond donors (Lipinski definition) is 2. The van der Waals surface area contributed by atoms with Crippen molar-refractivity contribution < 1.29 is 5.11 Å². The summed E-state index contributed by atoms with van der Waals surface area (Å²) in [6.07, 6.45) is 0. The highest BCUT2D eigenvalue weighted by atomic mass is 35.5. The van der Waals surface area contributed by atoms with E-state index in [0.717, 1.165) is 4.57 Å². The maximum absolute atomic E-state index is 11.8. The van der Waals surface area contributed by atoms with Crippen LogP contribution in [-0.2, 0) is 6.54 Å². The predicted octanol–water partition coefficient (Wildman–Crippen LogP) is 1.66. The van der Waals surface area contributed by atoms with Gasteiger partial charge in [-0.25, -0.2) is 4.79 Å². The zero-order chi connectivity index (χ0) is 14.0. The second kappa shape index (κ2) is 5.16. The SMILES string of the molecule is C=C(Cl)Cn1c(O)c(-c2ccccc2)c(=O)[nH]c1=O. The van der Waals surface area contributed by atoms with Gasteiger partial charge in [0.25, 0.3) is 5.56 Å². The number of H-pyrrole nitrogens is 1. The number of hydrogen-bond acceptors (Lipinski definition) is 3. The Balaban J connectivity index is 2.72. The molecule has 1 heterocycles. The molecule has 0 saturated heterocycles. The third kappa shape index (κ3) is 2.61. The Labute approximate surface area is 113 Å². The molecule has 0 bridgehead atoms. The van der Waals surface area contributed by atoms with Crippen molar-refractivity contribution in [2.75, 3.05) is 0 Å². The molecule has 0 saturated carbocycles. The van der Waals surface area contributed by atoms with Crippen LogP contribution >= 0.6 is 11.6 Å². The van der Waals surface area contributed by atoms with E-state index >= 15 is 0 Å². The lowest BCUT2D eigenvalue weighted by atomic mass is 10.1. The van der Waals surface area contributed by atoms with Crippen LogP contribution in [0.1, 0.15) is 0 Å². The van der Waals surface area contributed by atoms with Crippen LogP contribution in [0.5, 0.6) is 5.88 Å². The highest BCUT2D eigenvalue weighted by molar-refractivity contribution is 6.29. The Hall–Kier alpha value is -2.27. The molecule has 2 N–H and O–H groups in total. The minimum absolute atomic E-state index is 0.0260. The molecule has 1 aromatic carbocycles. The van der Waals surface area contributed by atoms with E-state index in [4.69, 9.17) is 11.6 Å². The van der Waals surface area contributed by atoms with E-state index in [1.165, 1.54) is 0 Å². The molecule has 0 aliphatic rings. The Kier molecular flexibility index (Phi) is 3.57. The van der Waals surface area contributed by atoms with E-state index in [-0.39, 0.29) is 17.1 Å². The lowest BCUT2D eigenvalue weighted by Crippen LogP contribution is -2.31. The van der Waals surface area contributed by atoms with E-state index in [1.54, 1.807) is 30.3 Å². The summed E-state index contributed by atoms with van der Waals surface area (Å²) < 4.78 is 0.957. The number of halogens is 1. The standard InChI is InChI=1S/C13H11ClN2O3/c1-8(14)7-16-12(18)10(11(17)15-13(16)19)9-5-3-2-4-6-9/h2-6,18H,1,7H2,(H,15,17,19). The summed E-state index contributed by atoms with van der Waals surface area (Å²) in [7, 11) is 0. The van der Waals surface area contributed by atoms with E-state index in [1.807, 2.05) is 0 Å². The minimum atomic E-state index is -0.732. The van der Waals surface area contributed by atoms with Crippen LogP contribution in [0.2, 0.25) is 0 Å². The molecule has 0 radical (unpaired) electrons. The van der Waals surface area contributed by atoms with Gasteiger partial charge in [-0.2, -0.15) is 0 Å². The largest absolute Gasteiger partial charge is 0.494 e. The van der Waals surface area contributed by atoms with Crippen LogP contribution < -0.4 is 11.2 Å². The van der Waals surface area contributed by atoms with Crippen molar-refractivity contribution >= 4 is 11.6 Å². The first kappa shape index (κ1) is 13.2. The molecule has 0 spiro atoms. The van der Waals surface area contributed by atoms with Crippen molar-refractivity contribution in [3.63, 3.8) is 0 Å². The fourth-order valence-corrected chi connectivity index (χ4v) is 1.86. The Morgan fingerprint density at radius 2 is 1.95 bits per heavy atom. The maximum Gasteiger partial charge on any atom is 0.331 e. The van der Waals surface area contributed by atoms with Crippen LogP contribution in [0, 0.1) is 0 Å². The summed E-state index contributed by atoms with van der Waals surface area (Å²) in [5, 5.41) is 10.3. The molecular formula is C13H11ClN2O3. The van der Waals surface area contributed by atoms with Gasteiger partial charge in [-0.15, -0.1) is 0 Å². The van der Waals surface area contributed by atoms with Gasteiger partial charge in [0.2, 0.25) is 5.88 Å². The normalized spacial score (nSPS) is 10.4. The lowest BCUT2D eigenvalue weighted by Gasteiger charge is -2.10. The molecule has 0 aliphatic heterocycles. The van der Waals surface area contributed by atoms with E-state index in [2.05, 4.69) is 11.6 Å². The van der Waals surface area contributed by atoms with Crippen LogP contribution in [0.3, 0.4) is 0 Å². The summed E-state index contributed by atoms with van der Waals surface area (Å²) in [6.45, 7) is 3.38. The van der Waals surface area contributed by atoms with Crippen LogP contribution in [0.15, 0.2) is 51.5 Å². The number of allylic oxidation sites excluding steroid dienone is 1. The van der Waals surface area contributed by atoms with Gasteiger partial charge in [0.1, 0.15) is 5.56 Å². The lowest BCUT2D eigenvalue weighted by molar-refractivity contribution is 0.412. The van der Waals surface area contributed by atoms with E-state index in [0.29, 0.717) is 5.56 Å². The highest BCUT2D eigenvalue weighted by Gasteiger charge is 2.15. The molecule has 5 nitrogen and oxygen atoms in total. The van der Waals surface area contributed by atoms with Crippen molar-refractivity contribution in [1.82, 2.24) is 9.55 Å². The van der Waals surface area contributed by atoms with Gasteiger partial charge < -0.3 is 5.11 Å². The molecule has 6 heteroatoms. The number of aromatic amines is 1. The molecule has 2 aromatic rings. The average Bonchev–Trinajstić information content (AvgIpc) is 2.35. The number of aromatic hydroxyl groups is 1. The topological polar surface area (TPSA) is 75.1 Å². The average molecular weight is 279 g/mol. The smallest absolute Gasteiger partial charge is 0.331 e. The van der Waals surface area contributed by atoms with Crippen LogP contribution in [-0.4, -0.2) is 14.7 Å². The van der Waals surface area contributed by atoms with E-state index in [9.17, 15) is 14.7 Å². The zero-order valence-corrected chi connectivity index (χ0v) is 10.6. The fraction of sp³-hybridized carbons (Fsp3) is 0.0769. The Morgan fingerprint density at radius 1 is 1.32 bits per heavy atom. The summed E-state index contributed by atoms with van der Waals surface area (Å²) in [5.74, 6) is -0.429. The predicted molar refractivity (Wildman–Crippen MR) is 73.4 cm³/mol. The second-order valence-electron chi connectivity index (χ2n) is 3.93. The minimum Gasteiger partial charge on any atom is -0.494 e. The van der Waals surface area contributed by atoms with Crippen molar-refractivity contribution in [1.29, 1.82) is 0 Å². The first-order valence-electron chi connectivity index (χ1n) is 5.45. The van der Waals surface area contributed by atoms with Crippen LogP contribution in [0.25, 0.3) is 11.1 Å². The molecule has 2 rings (SSSR count). The molecule has 19 heavy (non-hydrogen) atoms. The van der Waals surface area contributed by atoms with Gasteiger partial charge >= 0.3 is 5.69 Å². The van der Waals surface area contributed by atoms with Crippen molar-refractivity contribution in [3.8, 4) is 17.0 Å². The molecule has 0 aliphatic carbocycles. The number of aromatic nitrogens is 2. The van der Waals surface area contributed by atoms with Crippen molar-refractivity contribution in [3.05, 3.63) is 62.8 Å². The Bertz CT molecular complexity index is 732. The molecule has 98 valence electrons. The van der Waals surface area contributed by atoms with Gasteiger partial charge in [0.05, 0.1) is 6.54 Å². The molecule has 1 aromatic heterocycles. The molecule has 0 atom stereocenters. The molecule has 0 fully saturated rings. The van der Waals surface area contributed by atoms with Gasteiger partial charge in [0.15, 0.2) is 0 Å². The second-order valence-corrected chi connectivity index (χ2v) is 4.46. The molecule has 0 unspecified atom stereocenters.